The lowest BCUT2D eigenvalue weighted by molar-refractivity contribution is -0.127. The smallest absolute Gasteiger partial charge is 0.228 e. The van der Waals surface area contributed by atoms with Gasteiger partial charge in [0, 0.05) is 37.7 Å². The number of aromatic nitrogens is 1. The molecule has 1 aromatic heterocycles. The van der Waals surface area contributed by atoms with Crippen LogP contribution >= 0.6 is 0 Å². The average Bonchev–Trinajstić information content (AvgIpc) is 2.69. The van der Waals surface area contributed by atoms with E-state index in [0.717, 1.165) is 16.8 Å². The third-order valence-electron chi connectivity index (χ3n) is 4.60. The zero-order valence-electron chi connectivity index (χ0n) is 14.9. The zero-order valence-corrected chi connectivity index (χ0v) is 14.9. The van der Waals surface area contributed by atoms with Gasteiger partial charge in [-0.1, -0.05) is 23.8 Å². The number of pyridine rings is 1. The summed E-state index contributed by atoms with van der Waals surface area (Å²) in [4.78, 5) is 29.0. The van der Waals surface area contributed by atoms with Crippen LogP contribution in [0.15, 0.2) is 48.8 Å². The summed E-state index contributed by atoms with van der Waals surface area (Å²) in [7, 11) is 0. The largest absolute Gasteiger partial charge is 0.352 e. The van der Waals surface area contributed by atoms with E-state index in [0.29, 0.717) is 26.1 Å². The lowest BCUT2D eigenvalue weighted by Gasteiger charge is -2.28. The Labute approximate surface area is 153 Å². The van der Waals surface area contributed by atoms with Crippen molar-refractivity contribution in [3.05, 3.63) is 59.9 Å². The Kier molecular flexibility index (Phi) is 5.96. The number of piperidine rings is 1. The van der Waals surface area contributed by atoms with E-state index in [4.69, 9.17) is 0 Å². The van der Waals surface area contributed by atoms with Crippen LogP contribution in [0.4, 0.5) is 5.69 Å². The molecule has 0 spiro atoms. The Morgan fingerprint density at radius 3 is 2.54 bits per heavy atom. The Balaban J connectivity index is 1.52. The van der Waals surface area contributed by atoms with Crippen LogP contribution in [0, 0.1) is 18.8 Å². The zero-order chi connectivity index (χ0) is 18.4. The highest BCUT2D eigenvalue weighted by molar-refractivity contribution is 5.93. The lowest BCUT2D eigenvalue weighted by atomic mass is 9.89. The van der Waals surface area contributed by atoms with Gasteiger partial charge in [-0.25, -0.2) is 0 Å². The van der Waals surface area contributed by atoms with E-state index >= 15 is 0 Å². The van der Waals surface area contributed by atoms with Crippen molar-refractivity contribution in [3.63, 3.8) is 0 Å². The van der Waals surface area contributed by atoms with Crippen molar-refractivity contribution in [1.82, 2.24) is 15.6 Å². The van der Waals surface area contributed by atoms with E-state index in [-0.39, 0.29) is 23.7 Å². The Bertz CT molecular complexity index is 746. The molecule has 0 bridgehead atoms. The molecule has 136 valence electrons. The lowest BCUT2D eigenvalue weighted by Crippen LogP contribution is -2.47. The Hall–Kier alpha value is -2.73. The van der Waals surface area contributed by atoms with Gasteiger partial charge >= 0.3 is 0 Å². The number of hydrogen-bond donors (Lipinski definition) is 3. The first-order valence-corrected chi connectivity index (χ1v) is 8.86. The van der Waals surface area contributed by atoms with Crippen molar-refractivity contribution in [2.75, 3.05) is 18.4 Å². The van der Waals surface area contributed by atoms with Crippen molar-refractivity contribution in [1.29, 1.82) is 0 Å². The number of carbonyl (C=O) groups is 2. The highest BCUT2D eigenvalue weighted by atomic mass is 16.2. The van der Waals surface area contributed by atoms with Gasteiger partial charge in [-0.15, -0.1) is 0 Å². The normalized spacial score (nSPS) is 19.6. The van der Waals surface area contributed by atoms with E-state index in [1.807, 2.05) is 43.3 Å². The summed E-state index contributed by atoms with van der Waals surface area (Å²) >= 11 is 0. The Morgan fingerprint density at radius 2 is 1.85 bits per heavy atom. The number of nitrogens with one attached hydrogen (secondary N) is 3. The van der Waals surface area contributed by atoms with Crippen LogP contribution in [0.25, 0.3) is 0 Å². The van der Waals surface area contributed by atoms with Crippen molar-refractivity contribution in [2.24, 2.45) is 11.8 Å². The van der Waals surface area contributed by atoms with Gasteiger partial charge in [0.15, 0.2) is 0 Å². The maximum Gasteiger partial charge on any atom is 0.228 e. The van der Waals surface area contributed by atoms with Gasteiger partial charge in [-0.3, -0.25) is 14.6 Å². The van der Waals surface area contributed by atoms with Crippen LogP contribution < -0.4 is 16.0 Å². The molecule has 2 atom stereocenters. The molecule has 1 aromatic carbocycles. The quantitative estimate of drug-likeness (QED) is 0.767. The standard InChI is InChI=1S/C20H24N4O2/c1-14-4-6-18(7-5-14)24-20(26)17-9-16(12-22-13-17)19(25)23-11-15-3-2-8-21-10-15/h2-8,10,16-17,22H,9,11-13H2,1H3,(H,23,25)(H,24,26)/t16-,17+/m1/s1. The molecule has 2 amide bonds. The maximum absolute atomic E-state index is 12.5. The van der Waals surface area contributed by atoms with Crippen LogP contribution in [0.1, 0.15) is 17.5 Å². The van der Waals surface area contributed by atoms with E-state index in [9.17, 15) is 9.59 Å². The van der Waals surface area contributed by atoms with Crippen LogP contribution in [0.5, 0.6) is 0 Å². The summed E-state index contributed by atoms with van der Waals surface area (Å²) in [5.41, 5.74) is 2.88. The summed E-state index contributed by atoms with van der Waals surface area (Å²) < 4.78 is 0. The molecular weight excluding hydrogens is 328 g/mol. The average molecular weight is 352 g/mol. The van der Waals surface area contributed by atoms with Gasteiger partial charge in [0.25, 0.3) is 0 Å². The fourth-order valence-electron chi connectivity index (χ4n) is 3.06. The molecule has 26 heavy (non-hydrogen) atoms. The number of anilines is 1. The first-order valence-electron chi connectivity index (χ1n) is 8.86. The second kappa shape index (κ2) is 8.58. The first kappa shape index (κ1) is 18.1. The van der Waals surface area contributed by atoms with Crippen LogP contribution in [-0.2, 0) is 16.1 Å². The molecule has 3 rings (SSSR count). The second-order valence-electron chi connectivity index (χ2n) is 6.72. The van der Waals surface area contributed by atoms with Crippen LogP contribution in [0.3, 0.4) is 0 Å². The summed E-state index contributed by atoms with van der Waals surface area (Å²) in [6.45, 7) is 3.63. The summed E-state index contributed by atoms with van der Waals surface area (Å²) in [6, 6.07) is 11.5. The summed E-state index contributed by atoms with van der Waals surface area (Å²) in [5.74, 6) is -0.520. The molecule has 0 saturated carbocycles. The predicted molar refractivity (Wildman–Crippen MR) is 100 cm³/mol. The molecule has 1 saturated heterocycles. The SMILES string of the molecule is Cc1ccc(NC(=O)[C@@H]2CNC[C@H](C(=O)NCc3cccnc3)C2)cc1. The molecule has 1 aliphatic rings. The predicted octanol–water partition coefficient (Wildman–Crippen LogP) is 1.87. The molecule has 2 heterocycles. The number of nitrogens with zero attached hydrogens (tertiary/aromatic N) is 1. The molecule has 6 heteroatoms. The minimum Gasteiger partial charge on any atom is -0.352 e. The molecule has 6 nitrogen and oxygen atoms in total. The molecule has 1 aliphatic heterocycles. The molecule has 3 N–H and O–H groups in total. The van der Waals surface area contributed by atoms with Crippen molar-refractivity contribution in [3.8, 4) is 0 Å². The van der Waals surface area contributed by atoms with Crippen LogP contribution in [-0.4, -0.2) is 29.9 Å². The van der Waals surface area contributed by atoms with Gasteiger partial charge in [-0.2, -0.15) is 0 Å². The van der Waals surface area contributed by atoms with Gasteiger partial charge in [-0.05, 0) is 37.1 Å². The van der Waals surface area contributed by atoms with Gasteiger partial charge in [0.05, 0.1) is 11.8 Å². The number of aryl methyl sites for hydroxylation is 1. The fraction of sp³-hybridized carbons (Fsp3) is 0.350. The third-order valence-corrected chi connectivity index (χ3v) is 4.60. The topological polar surface area (TPSA) is 83.1 Å². The van der Waals surface area contributed by atoms with Gasteiger partial charge in [0.1, 0.15) is 0 Å². The van der Waals surface area contributed by atoms with E-state index in [1.165, 1.54) is 0 Å². The number of amides is 2. The maximum atomic E-state index is 12.5. The summed E-state index contributed by atoms with van der Waals surface area (Å²) in [6.07, 6.45) is 3.98. The monoisotopic (exact) mass is 352 g/mol. The van der Waals surface area contributed by atoms with E-state index in [1.54, 1.807) is 12.4 Å². The van der Waals surface area contributed by atoms with Crippen molar-refractivity contribution >= 4 is 17.5 Å². The molecule has 0 radical (unpaired) electrons. The third kappa shape index (κ3) is 4.89. The number of rotatable bonds is 5. The molecule has 1 fully saturated rings. The number of benzene rings is 1. The molecule has 0 aliphatic carbocycles. The Morgan fingerprint density at radius 1 is 1.12 bits per heavy atom. The second-order valence-corrected chi connectivity index (χ2v) is 6.72. The highest BCUT2D eigenvalue weighted by Crippen LogP contribution is 2.19. The van der Waals surface area contributed by atoms with Crippen molar-refractivity contribution in [2.45, 2.75) is 19.9 Å². The molecule has 0 unspecified atom stereocenters. The highest BCUT2D eigenvalue weighted by Gasteiger charge is 2.31. The number of hydrogen-bond acceptors (Lipinski definition) is 4. The molecular formula is C20H24N4O2. The van der Waals surface area contributed by atoms with E-state index < -0.39 is 0 Å². The fourth-order valence-corrected chi connectivity index (χ4v) is 3.06. The van der Waals surface area contributed by atoms with E-state index in [2.05, 4.69) is 20.9 Å². The number of carbonyl (C=O) groups excluding carboxylic acids is 2. The minimum absolute atomic E-state index is 0.0332. The molecule has 2 aromatic rings. The minimum atomic E-state index is -0.223. The summed E-state index contributed by atoms with van der Waals surface area (Å²) in [5, 5.41) is 9.08. The first-order chi connectivity index (χ1) is 12.6. The van der Waals surface area contributed by atoms with Gasteiger partial charge in [0.2, 0.25) is 11.8 Å². The van der Waals surface area contributed by atoms with Crippen LogP contribution in [0.2, 0.25) is 0 Å². The van der Waals surface area contributed by atoms with Crippen molar-refractivity contribution < 1.29 is 9.59 Å². The van der Waals surface area contributed by atoms with Gasteiger partial charge < -0.3 is 16.0 Å².